The molecule has 0 saturated carbocycles. The van der Waals surface area contributed by atoms with Crippen molar-refractivity contribution in [1.29, 1.82) is 0 Å². The predicted octanol–water partition coefficient (Wildman–Crippen LogP) is 3.36. The Kier molecular flexibility index (Phi) is 3.68. The lowest BCUT2D eigenvalue weighted by Gasteiger charge is -2.19. The molecule has 2 aromatic rings. The summed E-state index contributed by atoms with van der Waals surface area (Å²) in [5.74, 6) is 0.895. The maximum atomic E-state index is 6.33. The fraction of sp³-hybridized carbons (Fsp3) is 0.250. The predicted molar refractivity (Wildman–Crippen MR) is 74.9 cm³/mol. The van der Waals surface area contributed by atoms with E-state index in [1.165, 1.54) is 5.56 Å². The van der Waals surface area contributed by atoms with Gasteiger partial charge in [-0.25, -0.2) is 0 Å². The van der Waals surface area contributed by atoms with Crippen LogP contribution in [-0.2, 0) is 0 Å². The number of nitrogens with two attached hydrogens (primary N) is 1. The molecule has 94 valence electrons. The third-order valence-electron chi connectivity index (χ3n) is 3.41. The summed E-state index contributed by atoms with van der Waals surface area (Å²) in [7, 11) is 1.70. The molecule has 0 saturated heterocycles. The molecule has 0 aliphatic rings. The Labute approximate surface area is 108 Å². The molecule has 0 spiro atoms. The topological polar surface area (TPSA) is 35.2 Å². The van der Waals surface area contributed by atoms with Crippen molar-refractivity contribution in [2.24, 2.45) is 5.73 Å². The second-order valence-electron chi connectivity index (χ2n) is 4.52. The molecule has 0 heterocycles. The van der Waals surface area contributed by atoms with Gasteiger partial charge in [0.25, 0.3) is 0 Å². The molecule has 18 heavy (non-hydrogen) atoms. The minimum Gasteiger partial charge on any atom is -0.496 e. The first-order valence-corrected chi connectivity index (χ1v) is 6.09. The summed E-state index contributed by atoms with van der Waals surface area (Å²) in [5, 5.41) is 0. The van der Waals surface area contributed by atoms with Gasteiger partial charge >= 0.3 is 0 Å². The van der Waals surface area contributed by atoms with E-state index in [0.29, 0.717) is 0 Å². The van der Waals surface area contributed by atoms with Crippen LogP contribution in [-0.4, -0.2) is 7.11 Å². The van der Waals surface area contributed by atoms with Crippen LogP contribution in [0.3, 0.4) is 0 Å². The van der Waals surface area contributed by atoms with E-state index in [1.807, 2.05) is 30.3 Å². The molecule has 0 bridgehead atoms. The number of hydrogen-bond donors (Lipinski definition) is 1. The molecule has 0 aromatic heterocycles. The summed E-state index contributed by atoms with van der Waals surface area (Å²) in [5.41, 5.74) is 10.8. The number of hydrogen-bond acceptors (Lipinski definition) is 2. The number of rotatable bonds is 3. The largest absolute Gasteiger partial charge is 0.496 e. The molecule has 2 aromatic carbocycles. The van der Waals surface area contributed by atoms with Gasteiger partial charge in [0.15, 0.2) is 0 Å². The molecular weight excluding hydrogens is 222 g/mol. The van der Waals surface area contributed by atoms with Crippen LogP contribution in [0.1, 0.15) is 28.3 Å². The van der Waals surface area contributed by atoms with Crippen molar-refractivity contribution >= 4 is 0 Å². The number of benzene rings is 2. The first-order chi connectivity index (χ1) is 8.65. The van der Waals surface area contributed by atoms with E-state index in [0.717, 1.165) is 22.4 Å². The Morgan fingerprint density at radius 1 is 1.00 bits per heavy atom. The average Bonchev–Trinajstić information content (AvgIpc) is 2.42. The lowest BCUT2D eigenvalue weighted by molar-refractivity contribution is 0.404. The number of aryl methyl sites for hydroxylation is 1. The van der Waals surface area contributed by atoms with Gasteiger partial charge in [-0.2, -0.15) is 0 Å². The van der Waals surface area contributed by atoms with Crippen molar-refractivity contribution < 1.29 is 4.74 Å². The molecule has 0 fully saturated rings. The van der Waals surface area contributed by atoms with Crippen LogP contribution >= 0.6 is 0 Å². The van der Waals surface area contributed by atoms with Gasteiger partial charge in [0.2, 0.25) is 0 Å². The molecule has 0 aliphatic heterocycles. The standard InChI is InChI=1S/C16H19NO/c1-11-9-10-14(16(18-3)12(11)2)15(17)13-7-5-4-6-8-13/h4-10,15H,17H2,1-3H3. The third-order valence-corrected chi connectivity index (χ3v) is 3.41. The van der Waals surface area contributed by atoms with Crippen molar-refractivity contribution in [3.05, 3.63) is 64.7 Å². The molecule has 1 atom stereocenters. The lowest BCUT2D eigenvalue weighted by atomic mass is 9.95. The van der Waals surface area contributed by atoms with Crippen LogP contribution in [0, 0.1) is 13.8 Å². The molecule has 2 N–H and O–H groups in total. The van der Waals surface area contributed by atoms with Crippen LogP contribution in [0.5, 0.6) is 5.75 Å². The Morgan fingerprint density at radius 3 is 2.28 bits per heavy atom. The maximum absolute atomic E-state index is 6.33. The summed E-state index contributed by atoms with van der Waals surface area (Å²) < 4.78 is 5.52. The van der Waals surface area contributed by atoms with Gasteiger partial charge < -0.3 is 10.5 Å². The summed E-state index contributed by atoms with van der Waals surface area (Å²) in [6.45, 7) is 4.14. The van der Waals surface area contributed by atoms with Crippen LogP contribution in [0.25, 0.3) is 0 Å². The third kappa shape index (κ3) is 2.24. The highest BCUT2D eigenvalue weighted by atomic mass is 16.5. The van der Waals surface area contributed by atoms with Crippen molar-refractivity contribution in [2.75, 3.05) is 7.11 Å². The van der Waals surface area contributed by atoms with E-state index < -0.39 is 0 Å². The van der Waals surface area contributed by atoms with Crippen molar-refractivity contribution in [3.63, 3.8) is 0 Å². The first kappa shape index (κ1) is 12.7. The number of methoxy groups -OCH3 is 1. The smallest absolute Gasteiger partial charge is 0.127 e. The Hall–Kier alpha value is -1.80. The Bertz CT molecular complexity index is 534. The van der Waals surface area contributed by atoms with Crippen LogP contribution in [0.4, 0.5) is 0 Å². The first-order valence-electron chi connectivity index (χ1n) is 6.09. The highest BCUT2D eigenvalue weighted by molar-refractivity contribution is 5.49. The van der Waals surface area contributed by atoms with E-state index in [9.17, 15) is 0 Å². The molecule has 2 rings (SSSR count). The fourth-order valence-electron chi connectivity index (χ4n) is 2.17. The molecule has 1 unspecified atom stereocenters. The molecular formula is C16H19NO. The monoisotopic (exact) mass is 241 g/mol. The normalized spacial score (nSPS) is 12.2. The van der Waals surface area contributed by atoms with Gasteiger partial charge in [-0.1, -0.05) is 42.5 Å². The minimum absolute atomic E-state index is 0.152. The van der Waals surface area contributed by atoms with Crippen LogP contribution in [0.2, 0.25) is 0 Å². The van der Waals surface area contributed by atoms with Gasteiger partial charge in [-0.05, 0) is 30.5 Å². The fourth-order valence-corrected chi connectivity index (χ4v) is 2.17. The Morgan fingerprint density at radius 2 is 1.67 bits per heavy atom. The van der Waals surface area contributed by atoms with Crippen molar-refractivity contribution in [3.8, 4) is 5.75 Å². The highest BCUT2D eigenvalue weighted by Gasteiger charge is 2.16. The zero-order chi connectivity index (χ0) is 13.1. The van der Waals surface area contributed by atoms with Crippen molar-refractivity contribution in [2.45, 2.75) is 19.9 Å². The second kappa shape index (κ2) is 5.23. The summed E-state index contributed by atoms with van der Waals surface area (Å²) in [6.07, 6.45) is 0. The second-order valence-corrected chi connectivity index (χ2v) is 4.52. The van der Waals surface area contributed by atoms with E-state index in [2.05, 4.69) is 26.0 Å². The van der Waals surface area contributed by atoms with Gasteiger partial charge in [0.1, 0.15) is 5.75 Å². The van der Waals surface area contributed by atoms with Gasteiger partial charge in [0, 0.05) is 5.56 Å². The Balaban J connectivity index is 2.49. The molecule has 0 amide bonds. The molecule has 0 radical (unpaired) electrons. The van der Waals surface area contributed by atoms with Crippen LogP contribution < -0.4 is 10.5 Å². The van der Waals surface area contributed by atoms with E-state index in [-0.39, 0.29) is 6.04 Å². The summed E-state index contributed by atoms with van der Waals surface area (Å²) in [6, 6.07) is 14.1. The minimum atomic E-state index is -0.152. The highest BCUT2D eigenvalue weighted by Crippen LogP contribution is 2.32. The van der Waals surface area contributed by atoms with E-state index in [1.54, 1.807) is 7.11 Å². The SMILES string of the molecule is COc1c(C(N)c2ccccc2)ccc(C)c1C. The van der Waals surface area contributed by atoms with E-state index >= 15 is 0 Å². The van der Waals surface area contributed by atoms with Gasteiger partial charge in [-0.3, -0.25) is 0 Å². The lowest BCUT2D eigenvalue weighted by Crippen LogP contribution is -2.13. The van der Waals surface area contributed by atoms with Crippen LogP contribution in [0.15, 0.2) is 42.5 Å². The summed E-state index contributed by atoms with van der Waals surface area (Å²) >= 11 is 0. The number of ether oxygens (including phenoxy) is 1. The van der Waals surface area contributed by atoms with E-state index in [4.69, 9.17) is 10.5 Å². The summed E-state index contributed by atoms with van der Waals surface area (Å²) in [4.78, 5) is 0. The molecule has 2 heteroatoms. The van der Waals surface area contributed by atoms with Crippen molar-refractivity contribution in [1.82, 2.24) is 0 Å². The molecule has 0 aliphatic carbocycles. The zero-order valence-corrected chi connectivity index (χ0v) is 11.1. The average molecular weight is 241 g/mol. The van der Waals surface area contributed by atoms with Gasteiger partial charge in [-0.15, -0.1) is 0 Å². The quantitative estimate of drug-likeness (QED) is 0.894. The molecule has 2 nitrogen and oxygen atoms in total. The zero-order valence-electron chi connectivity index (χ0n) is 11.1. The maximum Gasteiger partial charge on any atom is 0.127 e. The van der Waals surface area contributed by atoms with Gasteiger partial charge in [0.05, 0.1) is 13.2 Å².